The van der Waals surface area contributed by atoms with Crippen molar-refractivity contribution in [2.24, 2.45) is 0 Å². The second-order valence-electron chi connectivity index (χ2n) is 7.47. The summed E-state index contributed by atoms with van der Waals surface area (Å²) in [6.45, 7) is 5.30. The predicted molar refractivity (Wildman–Crippen MR) is 121 cm³/mol. The molecule has 1 heterocycles. The number of fused-ring (bicyclic) bond motifs is 1. The van der Waals surface area contributed by atoms with Crippen LogP contribution >= 0.6 is 0 Å². The molecule has 0 aliphatic carbocycles. The SMILES string of the molecule is COc1ccc(C=CC(=O)NC(C)C(=O)OCc2cc(=O)oc3cc(C)c(C)cc23)cc1. The van der Waals surface area contributed by atoms with Crippen LogP contribution in [0.4, 0.5) is 0 Å². The minimum Gasteiger partial charge on any atom is -0.497 e. The summed E-state index contributed by atoms with van der Waals surface area (Å²) in [6, 6.07) is 11.3. The standard InChI is InChI=1S/C25H25NO6/c1-15-11-21-19(13-24(28)32-22(21)12-16(15)2)14-31-25(29)17(3)26-23(27)10-7-18-5-8-20(30-4)9-6-18/h5-13,17H,14H2,1-4H3,(H,26,27). The Kier molecular flexibility index (Phi) is 7.10. The minimum absolute atomic E-state index is 0.106. The van der Waals surface area contributed by atoms with Crippen LogP contribution in [0.1, 0.15) is 29.2 Å². The van der Waals surface area contributed by atoms with E-state index in [0.717, 1.165) is 22.4 Å². The summed E-state index contributed by atoms with van der Waals surface area (Å²) in [5.41, 5.74) is 3.31. The molecule has 0 saturated carbocycles. The summed E-state index contributed by atoms with van der Waals surface area (Å²) in [5.74, 6) is -0.319. The molecule has 166 valence electrons. The predicted octanol–water partition coefficient (Wildman–Crippen LogP) is 3.68. The van der Waals surface area contributed by atoms with Gasteiger partial charge in [0.05, 0.1) is 7.11 Å². The van der Waals surface area contributed by atoms with Gasteiger partial charge in [-0.3, -0.25) is 4.79 Å². The van der Waals surface area contributed by atoms with Crippen LogP contribution in [0, 0.1) is 13.8 Å². The average molecular weight is 435 g/mol. The molecule has 1 unspecified atom stereocenters. The molecule has 7 heteroatoms. The summed E-state index contributed by atoms with van der Waals surface area (Å²) < 4.78 is 15.7. The molecule has 0 fully saturated rings. The Labute approximate surface area is 185 Å². The third-order valence-electron chi connectivity index (χ3n) is 5.07. The monoisotopic (exact) mass is 435 g/mol. The minimum atomic E-state index is -0.863. The van der Waals surface area contributed by atoms with E-state index in [-0.39, 0.29) is 6.61 Å². The van der Waals surface area contributed by atoms with Crippen molar-refractivity contribution in [2.75, 3.05) is 7.11 Å². The van der Waals surface area contributed by atoms with Gasteiger partial charge in [-0.25, -0.2) is 9.59 Å². The van der Waals surface area contributed by atoms with Crippen molar-refractivity contribution >= 4 is 28.9 Å². The van der Waals surface area contributed by atoms with Gasteiger partial charge >= 0.3 is 11.6 Å². The molecule has 0 aliphatic rings. The highest BCUT2D eigenvalue weighted by Gasteiger charge is 2.17. The number of nitrogens with one attached hydrogen (secondary N) is 1. The van der Waals surface area contributed by atoms with Crippen LogP contribution < -0.4 is 15.7 Å². The zero-order valence-electron chi connectivity index (χ0n) is 18.4. The molecule has 1 atom stereocenters. The molecule has 1 amide bonds. The summed E-state index contributed by atoms with van der Waals surface area (Å²) in [4.78, 5) is 36.4. The van der Waals surface area contributed by atoms with Gasteiger partial charge in [0.25, 0.3) is 0 Å². The molecule has 0 aliphatic heterocycles. The molecule has 2 aromatic carbocycles. The van der Waals surface area contributed by atoms with E-state index in [9.17, 15) is 14.4 Å². The van der Waals surface area contributed by atoms with Crippen molar-refractivity contribution in [1.82, 2.24) is 5.32 Å². The molecule has 32 heavy (non-hydrogen) atoms. The lowest BCUT2D eigenvalue weighted by atomic mass is 10.0. The van der Waals surface area contributed by atoms with E-state index in [1.807, 2.05) is 32.0 Å². The van der Waals surface area contributed by atoms with Crippen LogP contribution in [-0.2, 0) is 20.9 Å². The first-order chi connectivity index (χ1) is 15.3. The van der Waals surface area contributed by atoms with Gasteiger partial charge in [0.1, 0.15) is 24.0 Å². The first-order valence-corrected chi connectivity index (χ1v) is 10.1. The Bertz CT molecular complexity index is 1220. The largest absolute Gasteiger partial charge is 0.497 e. The van der Waals surface area contributed by atoms with E-state index < -0.39 is 23.5 Å². The van der Waals surface area contributed by atoms with Crippen molar-refractivity contribution in [3.05, 3.63) is 81.2 Å². The molecule has 7 nitrogen and oxygen atoms in total. The van der Waals surface area contributed by atoms with Crippen LogP contribution in [-0.4, -0.2) is 25.0 Å². The zero-order valence-corrected chi connectivity index (χ0v) is 18.4. The average Bonchev–Trinajstić information content (AvgIpc) is 2.77. The molecule has 3 aromatic rings. The number of ether oxygens (including phenoxy) is 2. The van der Waals surface area contributed by atoms with Crippen molar-refractivity contribution < 1.29 is 23.5 Å². The van der Waals surface area contributed by atoms with Crippen molar-refractivity contribution in [1.29, 1.82) is 0 Å². The summed E-state index contributed by atoms with van der Waals surface area (Å²) in [7, 11) is 1.58. The molecule has 0 bridgehead atoms. The fourth-order valence-electron chi connectivity index (χ4n) is 3.08. The van der Waals surface area contributed by atoms with Gasteiger partial charge in [0, 0.05) is 23.1 Å². The van der Waals surface area contributed by atoms with Crippen molar-refractivity contribution in [2.45, 2.75) is 33.4 Å². The number of amides is 1. The Balaban J connectivity index is 1.61. The van der Waals surface area contributed by atoms with Gasteiger partial charge in [-0.15, -0.1) is 0 Å². The lowest BCUT2D eigenvalue weighted by Crippen LogP contribution is -2.38. The van der Waals surface area contributed by atoms with Gasteiger partial charge in [-0.2, -0.15) is 0 Å². The highest BCUT2D eigenvalue weighted by molar-refractivity contribution is 5.94. The van der Waals surface area contributed by atoms with E-state index in [1.165, 1.54) is 19.1 Å². The topological polar surface area (TPSA) is 94.8 Å². The van der Waals surface area contributed by atoms with Crippen LogP contribution in [0.2, 0.25) is 0 Å². The number of aryl methyl sites for hydroxylation is 2. The molecular weight excluding hydrogens is 410 g/mol. The fraction of sp³-hybridized carbons (Fsp3) is 0.240. The van der Waals surface area contributed by atoms with E-state index in [1.54, 1.807) is 31.4 Å². The third-order valence-corrected chi connectivity index (χ3v) is 5.07. The molecule has 1 N–H and O–H groups in total. The summed E-state index contributed by atoms with van der Waals surface area (Å²) in [5, 5.41) is 3.28. The second kappa shape index (κ2) is 9.96. The Morgan fingerprint density at radius 3 is 2.47 bits per heavy atom. The summed E-state index contributed by atoms with van der Waals surface area (Å²) >= 11 is 0. The first-order valence-electron chi connectivity index (χ1n) is 10.1. The maximum absolute atomic E-state index is 12.4. The molecule has 3 rings (SSSR count). The lowest BCUT2D eigenvalue weighted by Gasteiger charge is -2.13. The number of benzene rings is 2. The molecule has 0 radical (unpaired) electrons. The molecular formula is C25H25NO6. The number of methoxy groups -OCH3 is 1. The normalized spacial score (nSPS) is 12.0. The highest BCUT2D eigenvalue weighted by Crippen LogP contribution is 2.22. The Morgan fingerprint density at radius 2 is 1.78 bits per heavy atom. The second-order valence-corrected chi connectivity index (χ2v) is 7.47. The number of esters is 1. The fourth-order valence-corrected chi connectivity index (χ4v) is 3.08. The van der Waals surface area contributed by atoms with Gasteiger partial charge in [-0.05, 0) is 67.8 Å². The van der Waals surface area contributed by atoms with Gasteiger partial charge < -0.3 is 19.2 Å². The van der Waals surface area contributed by atoms with Crippen molar-refractivity contribution in [3.8, 4) is 5.75 Å². The number of hydrogen-bond donors (Lipinski definition) is 1. The van der Waals surface area contributed by atoms with E-state index in [2.05, 4.69) is 5.32 Å². The molecule has 1 aromatic heterocycles. The highest BCUT2D eigenvalue weighted by atomic mass is 16.5. The van der Waals surface area contributed by atoms with Gasteiger partial charge in [0.15, 0.2) is 0 Å². The van der Waals surface area contributed by atoms with Gasteiger partial charge in [-0.1, -0.05) is 12.1 Å². The first kappa shape index (κ1) is 22.8. The number of hydrogen-bond acceptors (Lipinski definition) is 6. The van der Waals surface area contributed by atoms with Gasteiger partial charge in [0.2, 0.25) is 5.91 Å². The van der Waals surface area contributed by atoms with Crippen LogP contribution in [0.5, 0.6) is 5.75 Å². The van der Waals surface area contributed by atoms with Crippen LogP contribution in [0.15, 0.2) is 57.8 Å². The van der Waals surface area contributed by atoms with Crippen LogP contribution in [0.3, 0.4) is 0 Å². The van der Waals surface area contributed by atoms with Crippen LogP contribution in [0.25, 0.3) is 17.0 Å². The van der Waals surface area contributed by atoms with E-state index in [4.69, 9.17) is 13.9 Å². The summed E-state index contributed by atoms with van der Waals surface area (Å²) in [6.07, 6.45) is 2.97. The lowest BCUT2D eigenvalue weighted by molar-refractivity contribution is -0.148. The number of rotatable bonds is 7. The smallest absolute Gasteiger partial charge is 0.336 e. The number of carbonyl (C=O) groups is 2. The molecule has 0 spiro atoms. The van der Waals surface area contributed by atoms with E-state index in [0.29, 0.717) is 16.5 Å². The Morgan fingerprint density at radius 1 is 1.09 bits per heavy atom. The van der Waals surface area contributed by atoms with E-state index >= 15 is 0 Å². The maximum Gasteiger partial charge on any atom is 0.336 e. The van der Waals surface area contributed by atoms with Crippen molar-refractivity contribution in [3.63, 3.8) is 0 Å². The quantitative estimate of drug-likeness (QED) is 0.346. The number of carbonyl (C=O) groups excluding carboxylic acids is 2. The Hall–Kier alpha value is -3.87. The maximum atomic E-state index is 12.4. The zero-order chi connectivity index (χ0) is 23.3. The third kappa shape index (κ3) is 5.63. The molecule has 0 saturated heterocycles.